The number of benzene rings is 2. The normalized spacial score (nSPS) is 21.4. The van der Waals surface area contributed by atoms with Crippen molar-refractivity contribution in [2.75, 3.05) is 23.7 Å². The lowest BCUT2D eigenvalue weighted by Crippen LogP contribution is -2.35. The molecule has 2 aromatic rings. The molecule has 0 unspecified atom stereocenters. The quantitative estimate of drug-likeness (QED) is 0.645. The maximum Gasteiger partial charge on any atom is 0.241 e. The highest BCUT2D eigenvalue weighted by molar-refractivity contribution is 5.96. The lowest BCUT2D eigenvalue weighted by atomic mass is 10.0. The van der Waals surface area contributed by atoms with Gasteiger partial charge in [0.1, 0.15) is 0 Å². The Labute approximate surface area is 165 Å². The zero-order valence-electron chi connectivity index (χ0n) is 15.8. The standard InChI is InChI=1S/C22H26N4O2/c27-21(19-3-1-13-23-19)25-17-9-5-15(6-10-17)16-7-11-18(12-8-16)26-22(28)20-4-2-14-24-20/h5-12,19-20,23-24H,1-4,13-14H2,(H,25,27)(H,26,28)/t19-,20+. The summed E-state index contributed by atoms with van der Waals surface area (Å²) >= 11 is 0. The van der Waals surface area contributed by atoms with Gasteiger partial charge in [0.05, 0.1) is 12.1 Å². The molecule has 146 valence electrons. The maximum absolute atomic E-state index is 12.2. The van der Waals surface area contributed by atoms with Crippen molar-refractivity contribution in [3.8, 4) is 11.1 Å². The van der Waals surface area contributed by atoms with E-state index in [1.54, 1.807) is 0 Å². The van der Waals surface area contributed by atoms with Crippen LogP contribution in [0.25, 0.3) is 11.1 Å². The third-order valence-electron chi connectivity index (χ3n) is 5.39. The predicted molar refractivity (Wildman–Crippen MR) is 111 cm³/mol. The highest BCUT2D eigenvalue weighted by Crippen LogP contribution is 2.24. The monoisotopic (exact) mass is 378 g/mol. The molecule has 2 aliphatic heterocycles. The Morgan fingerprint density at radius 1 is 0.679 bits per heavy atom. The minimum Gasteiger partial charge on any atom is -0.325 e. The number of hydrogen-bond acceptors (Lipinski definition) is 4. The Morgan fingerprint density at radius 2 is 1.07 bits per heavy atom. The molecular weight excluding hydrogens is 352 g/mol. The lowest BCUT2D eigenvalue weighted by molar-refractivity contribution is -0.118. The van der Waals surface area contributed by atoms with E-state index in [1.165, 1.54) is 0 Å². The maximum atomic E-state index is 12.2. The smallest absolute Gasteiger partial charge is 0.241 e. The molecule has 0 spiro atoms. The van der Waals surface area contributed by atoms with E-state index in [9.17, 15) is 9.59 Å². The summed E-state index contributed by atoms with van der Waals surface area (Å²) in [5, 5.41) is 12.3. The molecule has 2 saturated heterocycles. The Kier molecular flexibility index (Phi) is 5.69. The van der Waals surface area contributed by atoms with E-state index in [0.717, 1.165) is 61.3 Å². The van der Waals surface area contributed by atoms with Crippen molar-refractivity contribution in [2.24, 2.45) is 0 Å². The van der Waals surface area contributed by atoms with E-state index in [0.29, 0.717) is 0 Å². The van der Waals surface area contributed by atoms with Gasteiger partial charge in [-0.15, -0.1) is 0 Å². The summed E-state index contributed by atoms with van der Waals surface area (Å²) < 4.78 is 0. The van der Waals surface area contributed by atoms with Crippen molar-refractivity contribution in [1.82, 2.24) is 10.6 Å². The van der Waals surface area contributed by atoms with Gasteiger partial charge in [0.2, 0.25) is 11.8 Å². The second-order valence-corrected chi connectivity index (χ2v) is 7.43. The van der Waals surface area contributed by atoms with Crippen LogP contribution in [0.4, 0.5) is 11.4 Å². The van der Waals surface area contributed by atoms with Crippen molar-refractivity contribution in [2.45, 2.75) is 37.8 Å². The molecule has 2 heterocycles. The lowest BCUT2D eigenvalue weighted by Gasteiger charge is -2.12. The van der Waals surface area contributed by atoms with Gasteiger partial charge in [0.25, 0.3) is 0 Å². The highest BCUT2D eigenvalue weighted by atomic mass is 16.2. The summed E-state index contributed by atoms with van der Waals surface area (Å²) in [4.78, 5) is 24.4. The zero-order valence-corrected chi connectivity index (χ0v) is 15.8. The molecule has 28 heavy (non-hydrogen) atoms. The van der Waals surface area contributed by atoms with Crippen molar-refractivity contribution >= 4 is 23.2 Å². The number of rotatable bonds is 5. The molecule has 0 aromatic heterocycles. The number of anilines is 2. The van der Waals surface area contributed by atoms with Crippen LogP contribution >= 0.6 is 0 Å². The van der Waals surface area contributed by atoms with Crippen LogP contribution in [-0.2, 0) is 9.59 Å². The second-order valence-electron chi connectivity index (χ2n) is 7.43. The molecule has 4 rings (SSSR count). The minimum atomic E-state index is -0.0816. The first-order valence-electron chi connectivity index (χ1n) is 9.98. The molecule has 2 atom stereocenters. The average Bonchev–Trinajstić information content (AvgIpc) is 3.43. The van der Waals surface area contributed by atoms with Crippen LogP contribution in [0.1, 0.15) is 25.7 Å². The predicted octanol–water partition coefficient (Wildman–Crippen LogP) is 2.73. The van der Waals surface area contributed by atoms with Crippen LogP contribution in [0.5, 0.6) is 0 Å². The van der Waals surface area contributed by atoms with Gasteiger partial charge < -0.3 is 21.3 Å². The molecule has 0 aliphatic carbocycles. The summed E-state index contributed by atoms with van der Waals surface area (Å²) in [7, 11) is 0. The topological polar surface area (TPSA) is 82.3 Å². The van der Waals surface area contributed by atoms with Crippen LogP contribution in [0.2, 0.25) is 0 Å². The fraction of sp³-hybridized carbons (Fsp3) is 0.364. The summed E-state index contributed by atoms with van der Waals surface area (Å²) in [6, 6.07) is 15.5. The van der Waals surface area contributed by atoms with Gasteiger partial charge in [0.15, 0.2) is 0 Å². The Morgan fingerprint density at radius 3 is 1.39 bits per heavy atom. The molecular formula is C22H26N4O2. The molecule has 2 aromatic carbocycles. The molecule has 6 heteroatoms. The number of amides is 2. The zero-order chi connectivity index (χ0) is 19.3. The summed E-state index contributed by atoms with van der Waals surface area (Å²) in [6.07, 6.45) is 3.88. The van der Waals surface area contributed by atoms with E-state index in [-0.39, 0.29) is 23.9 Å². The van der Waals surface area contributed by atoms with E-state index in [2.05, 4.69) is 21.3 Å². The third-order valence-corrected chi connectivity index (χ3v) is 5.39. The molecule has 0 bridgehead atoms. The first kappa shape index (κ1) is 18.7. The molecule has 2 fully saturated rings. The Bertz CT molecular complexity index is 749. The molecule has 2 aliphatic rings. The first-order valence-corrected chi connectivity index (χ1v) is 9.98. The largest absolute Gasteiger partial charge is 0.325 e. The van der Waals surface area contributed by atoms with Crippen molar-refractivity contribution in [1.29, 1.82) is 0 Å². The molecule has 0 saturated carbocycles. The van der Waals surface area contributed by atoms with Gasteiger partial charge in [-0.25, -0.2) is 0 Å². The number of hydrogen-bond donors (Lipinski definition) is 4. The fourth-order valence-corrected chi connectivity index (χ4v) is 3.77. The highest BCUT2D eigenvalue weighted by Gasteiger charge is 2.22. The average molecular weight is 378 g/mol. The Hall–Kier alpha value is -2.70. The summed E-state index contributed by atoms with van der Waals surface area (Å²) in [6.45, 7) is 1.81. The van der Waals surface area contributed by atoms with Gasteiger partial charge in [-0.2, -0.15) is 0 Å². The molecule has 0 radical (unpaired) electrons. The van der Waals surface area contributed by atoms with E-state index in [1.807, 2.05) is 48.5 Å². The van der Waals surface area contributed by atoms with Gasteiger partial charge in [-0.1, -0.05) is 24.3 Å². The summed E-state index contributed by atoms with van der Waals surface area (Å²) in [5.74, 6) is 0.0594. The molecule has 6 nitrogen and oxygen atoms in total. The number of carbonyl (C=O) groups excluding carboxylic acids is 2. The van der Waals surface area contributed by atoms with Crippen LogP contribution < -0.4 is 21.3 Å². The van der Waals surface area contributed by atoms with Crippen LogP contribution in [0.15, 0.2) is 48.5 Å². The fourth-order valence-electron chi connectivity index (χ4n) is 3.77. The number of nitrogens with one attached hydrogen (secondary N) is 4. The number of carbonyl (C=O) groups is 2. The second kappa shape index (κ2) is 8.54. The van der Waals surface area contributed by atoms with Crippen LogP contribution in [0, 0.1) is 0 Å². The van der Waals surface area contributed by atoms with E-state index >= 15 is 0 Å². The van der Waals surface area contributed by atoms with Gasteiger partial charge >= 0.3 is 0 Å². The molecule has 2 amide bonds. The Balaban J connectivity index is 1.36. The van der Waals surface area contributed by atoms with Crippen molar-refractivity contribution in [3.05, 3.63) is 48.5 Å². The third kappa shape index (κ3) is 4.40. The van der Waals surface area contributed by atoms with Crippen LogP contribution in [0.3, 0.4) is 0 Å². The van der Waals surface area contributed by atoms with E-state index < -0.39 is 0 Å². The van der Waals surface area contributed by atoms with Crippen molar-refractivity contribution in [3.63, 3.8) is 0 Å². The van der Waals surface area contributed by atoms with Gasteiger partial charge in [-0.3, -0.25) is 9.59 Å². The minimum absolute atomic E-state index is 0.0297. The first-order chi connectivity index (χ1) is 13.7. The van der Waals surface area contributed by atoms with Crippen LogP contribution in [-0.4, -0.2) is 37.0 Å². The van der Waals surface area contributed by atoms with Crippen molar-refractivity contribution < 1.29 is 9.59 Å². The molecule has 4 N–H and O–H groups in total. The van der Waals surface area contributed by atoms with Gasteiger partial charge in [0, 0.05) is 11.4 Å². The van der Waals surface area contributed by atoms with Gasteiger partial charge in [-0.05, 0) is 74.2 Å². The van der Waals surface area contributed by atoms with E-state index in [4.69, 9.17) is 0 Å². The summed E-state index contributed by atoms with van der Waals surface area (Å²) in [5.41, 5.74) is 3.73. The SMILES string of the molecule is O=C(Nc1ccc(-c2ccc(NC(=O)[C@H]3CCCN3)cc2)cc1)[C@@H]1CCCN1.